The lowest BCUT2D eigenvalue weighted by Gasteiger charge is -2.12. The van der Waals surface area contributed by atoms with Crippen molar-refractivity contribution in [3.05, 3.63) is 181 Å². The number of hydrogen-bond acceptors (Lipinski definition) is 6. The predicted molar refractivity (Wildman–Crippen MR) is 235 cm³/mol. The molecule has 0 atom stereocenters. The summed E-state index contributed by atoms with van der Waals surface area (Å²) in [6, 6.07) is 61.5. The molecule has 0 saturated carbocycles. The zero-order valence-corrected chi connectivity index (χ0v) is 31.3. The molecule has 0 radical (unpaired) electrons. The summed E-state index contributed by atoms with van der Waals surface area (Å²) in [4.78, 5) is 15.3. The number of fused-ring (bicyclic) bond motifs is 9. The van der Waals surface area contributed by atoms with Gasteiger partial charge < -0.3 is 8.83 Å². The lowest BCUT2D eigenvalue weighted by atomic mass is 9.96. The van der Waals surface area contributed by atoms with Crippen molar-refractivity contribution in [2.75, 3.05) is 0 Å². The lowest BCUT2D eigenvalue weighted by Crippen LogP contribution is -2.06. The second-order valence-corrected chi connectivity index (χ2v) is 14.7. The summed E-state index contributed by atoms with van der Waals surface area (Å²) in [5.41, 5.74) is 10.9. The SMILES string of the molecule is N#Cc1cc(-c2nc(-c3ccccc3)nc(-n3c4ccccc4c4ccccc43)n2)cc(-c2cccc3c2oc2c(-c4cccc5oc6ccccc6c45)cccc23)c1. The molecule has 0 spiro atoms. The first-order valence-electron chi connectivity index (χ1n) is 19.4. The molecule has 4 aromatic heterocycles. The van der Waals surface area contributed by atoms with Gasteiger partial charge in [0.2, 0.25) is 5.95 Å². The summed E-state index contributed by atoms with van der Waals surface area (Å²) in [7, 11) is 0. The summed E-state index contributed by atoms with van der Waals surface area (Å²) in [6.07, 6.45) is 0. The maximum Gasteiger partial charge on any atom is 0.238 e. The van der Waals surface area contributed by atoms with Crippen LogP contribution < -0.4 is 0 Å². The van der Waals surface area contributed by atoms with Gasteiger partial charge in [-0.25, -0.2) is 4.98 Å². The van der Waals surface area contributed by atoms with Crippen molar-refractivity contribution in [3.8, 4) is 57.0 Å². The molecule has 0 bridgehead atoms. The maximum atomic E-state index is 10.5. The van der Waals surface area contributed by atoms with E-state index in [1.807, 2.05) is 115 Å². The Hall–Kier alpha value is -8.34. The van der Waals surface area contributed by atoms with Gasteiger partial charge in [-0.3, -0.25) is 4.57 Å². The van der Waals surface area contributed by atoms with Crippen LogP contribution in [-0.2, 0) is 0 Å². The number of para-hydroxylation sites is 5. The molecular weight excluding hydrogens is 727 g/mol. The average Bonchev–Trinajstić information content (AvgIpc) is 3.99. The quantitative estimate of drug-likeness (QED) is 0.174. The Bertz CT molecular complexity index is 3650. The van der Waals surface area contributed by atoms with Crippen molar-refractivity contribution >= 4 is 65.7 Å². The largest absolute Gasteiger partial charge is 0.456 e. The minimum Gasteiger partial charge on any atom is -0.456 e. The third-order valence-electron chi connectivity index (χ3n) is 11.3. The first-order chi connectivity index (χ1) is 29.2. The second kappa shape index (κ2) is 12.8. The molecule has 0 amide bonds. The molecule has 7 heteroatoms. The van der Waals surface area contributed by atoms with Gasteiger partial charge in [-0.05, 0) is 53.6 Å². The summed E-state index contributed by atoms with van der Waals surface area (Å²) >= 11 is 0. The van der Waals surface area contributed by atoms with E-state index >= 15 is 0 Å². The van der Waals surface area contributed by atoms with Crippen molar-refractivity contribution < 1.29 is 8.83 Å². The summed E-state index contributed by atoms with van der Waals surface area (Å²) in [5.74, 6) is 1.47. The van der Waals surface area contributed by atoms with E-state index in [-0.39, 0.29) is 0 Å². The van der Waals surface area contributed by atoms with Crippen molar-refractivity contribution in [1.82, 2.24) is 19.5 Å². The van der Waals surface area contributed by atoms with Gasteiger partial charge in [0.15, 0.2) is 11.6 Å². The standard InChI is InChI=1S/C52H29N5O2/c53-30-31-27-33(35-18-10-21-40-41-22-11-20-39(49(41)59-48(35)40)38-19-12-26-46-47(38)42-17-6-9-25-45(42)58-46)29-34(28-31)51-54-50(32-13-2-1-3-14-32)55-52(56-51)57-43-23-7-4-15-36(43)37-16-5-8-24-44(37)57/h1-29H. The van der Waals surface area contributed by atoms with Crippen molar-refractivity contribution in [1.29, 1.82) is 5.26 Å². The molecule has 8 aromatic carbocycles. The number of hydrogen-bond donors (Lipinski definition) is 0. The third kappa shape index (κ3) is 5.10. The Balaban J connectivity index is 1.07. The van der Waals surface area contributed by atoms with Crippen LogP contribution in [0.5, 0.6) is 0 Å². The molecule has 0 aliphatic rings. The van der Waals surface area contributed by atoms with Gasteiger partial charge in [0, 0.05) is 54.6 Å². The number of nitrogens with zero attached hydrogens (tertiary/aromatic N) is 5. The van der Waals surface area contributed by atoms with Crippen LogP contribution in [-0.4, -0.2) is 19.5 Å². The first-order valence-corrected chi connectivity index (χ1v) is 19.4. The highest BCUT2D eigenvalue weighted by Gasteiger charge is 2.21. The van der Waals surface area contributed by atoms with Gasteiger partial charge in [-0.1, -0.05) is 133 Å². The summed E-state index contributed by atoms with van der Waals surface area (Å²) < 4.78 is 15.3. The van der Waals surface area contributed by atoms with Crippen molar-refractivity contribution in [2.24, 2.45) is 0 Å². The van der Waals surface area contributed by atoms with E-state index in [4.69, 9.17) is 23.8 Å². The van der Waals surface area contributed by atoms with Gasteiger partial charge >= 0.3 is 0 Å². The van der Waals surface area contributed by atoms with Gasteiger partial charge in [0.1, 0.15) is 22.3 Å². The van der Waals surface area contributed by atoms with E-state index < -0.39 is 0 Å². The number of benzene rings is 8. The van der Waals surface area contributed by atoms with E-state index in [2.05, 4.69) is 71.3 Å². The van der Waals surface area contributed by atoms with E-state index in [0.717, 1.165) is 93.5 Å². The number of rotatable bonds is 5. The highest BCUT2D eigenvalue weighted by Crippen LogP contribution is 2.44. The second-order valence-electron chi connectivity index (χ2n) is 14.7. The maximum absolute atomic E-state index is 10.5. The Kier molecular flexibility index (Phi) is 7.16. The molecule has 0 aliphatic carbocycles. The monoisotopic (exact) mass is 755 g/mol. The molecule has 0 aliphatic heterocycles. The van der Waals surface area contributed by atoms with Crippen LogP contribution in [0.2, 0.25) is 0 Å². The Morgan fingerprint density at radius 3 is 1.73 bits per heavy atom. The fourth-order valence-electron chi connectivity index (χ4n) is 8.68. The van der Waals surface area contributed by atoms with Crippen LogP contribution in [0.4, 0.5) is 0 Å². The lowest BCUT2D eigenvalue weighted by molar-refractivity contribution is 0.669. The highest BCUT2D eigenvalue weighted by molar-refractivity contribution is 6.18. The van der Waals surface area contributed by atoms with E-state index in [0.29, 0.717) is 28.7 Å². The zero-order chi connectivity index (χ0) is 39.0. The molecule has 12 rings (SSSR count). The van der Waals surface area contributed by atoms with Crippen LogP contribution in [0.1, 0.15) is 5.56 Å². The number of furan rings is 2. The third-order valence-corrected chi connectivity index (χ3v) is 11.3. The summed E-state index contributed by atoms with van der Waals surface area (Å²) in [5, 5.41) is 16.8. The van der Waals surface area contributed by atoms with Crippen LogP contribution in [0.15, 0.2) is 185 Å². The zero-order valence-electron chi connectivity index (χ0n) is 31.3. The topological polar surface area (TPSA) is 93.7 Å². The smallest absolute Gasteiger partial charge is 0.238 e. The van der Waals surface area contributed by atoms with E-state index in [1.165, 1.54) is 0 Å². The van der Waals surface area contributed by atoms with E-state index in [9.17, 15) is 5.26 Å². The van der Waals surface area contributed by atoms with Crippen molar-refractivity contribution in [2.45, 2.75) is 0 Å². The average molecular weight is 756 g/mol. The van der Waals surface area contributed by atoms with Crippen LogP contribution in [0, 0.1) is 11.3 Å². The number of aromatic nitrogens is 4. The molecule has 0 unspecified atom stereocenters. The molecule has 7 nitrogen and oxygen atoms in total. The molecule has 12 aromatic rings. The Labute approximate surface area is 336 Å². The van der Waals surface area contributed by atoms with Crippen LogP contribution in [0.25, 0.3) is 117 Å². The first kappa shape index (κ1) is 32.9. The fourth-order valence-corrected chi connectivity index (χ4v) is 8.68. The molecule has 0 fully saturated rings. The molecule has 274 valence electrons. The molecular formula is C52H29N5O2. The number of nitriles is 1. The van der Waals surface area contributed by atoms with Crippen LogP contribution >= 0.6 is 0 Å². The molecule has 4 heterocycles. The Morgan fingerprint density at radius 2 is 0.983 bits per heavy atom. The highest BCUT2D eigenvalue weighted by atomic mass is 16.3. The van der Waals surface area contributed by atoms with Gasteiger partial charge in [-0.15, -0.1) is 0 Å². The minimum atomic E-state index is 0.452. The molecule has 0 saturated heterocycles. The molecule has 0 N–H and O–H groups in total. The fraction of sp³-hybridized carbons (Fsp3) is 0. The van der Waals surface area contributed by atoms with E-state index in [1.54, 1.807) is 0 Å². The van der Waals surface area contributed by atoms with Gasteiger partial charge in [0.05, 0.1) is 22.7 Å². The van der Waals surface area contributed by atoms with Crippen molar-refractivity contribution in [3.63, 3.8) is 0 Å². The molecule has 59 heavy (non-hydrogen) atoms. The predicted octanol–water partition coefficient (Wildman–Crippen LogP) is 13.3. The van der Waals surface area contributed by atoms with Gasteiger partial charge in [-0.2, -0.15) is 15.2 Å². The van der Waals surface area contributed by atoms with Gasteiger partial charge in [0.25, 0.3) is 0 Å². The Morgan fingerprint density at radius 1 is 0.424 bits per heavy atom. The summed E-state index contributed by atoms with van der Waals surface area (Å²) in [6.45, 7) is 0. The van der Waals surface area contributed by atoms with Crippen LogP contribution in [0.3, 0.4) is 0 Å². The normalized spacial score (nSPS) is 11.7. The minimum absolute atomic E-state index is 0.452.